The number of rotatable bonds is 3. The van der Waals surface area contributed by atoms with Crippen molar-refractivity contribution in [3.05, 3.63) is 22.7 Å². The average molecular weight is 268 g/mol. The fraction of sp³-hybridized carbons (Fsp3) is 0.333. The maximum Gasteiger partial charge on any atom is 0.241 e. The zero-order chi connectivity index (χ0) is 13.3. The standard InChI is InChI=1S/C12H14ClN3O2/c1-6(14-2)12(18)16-10-3-7-4-11(17)15-9(7)5-8(10)13/h3,5-6,14H,4H2,1-2H3,(H,15,17)(H,16,18). The minimum atomic E-state index is -0.311. The zero-order valence-electron chi connectivity index (χ0n) is 10.1. The van der Waals surface area contributed by atoms with Gasteiger partial charge in [-0.3, -0.25) is 9.59 Å². The SMILES string of the molecule is CNC(C)C(=O)Nc1cc2c(cc1Cl)NC(=O)C2. The molecule has 3 N–H and O–H groups in total. The van der Waals surface area contributed by atoms with Gasteiger partial charge in [0.25, 0.3) is 0 Å². The molecular formula is C12H14ClN3O2. The molecule has 96 valence electrons. The van der Waals surface area contributed by atoms with E-state index in [2.05, 4.69) is 16.0 Å². The van der Waals surface area contributed by atoms with Crippen LogP contribution in [0.4, 0.5) is 11.4 Å². The number of halogens is 1. The van der Waals surface area contributed by atoms with Crippen LogP contribution in [0, 0.1) is 0 Å². The van der Waals surface area contributed by atoms with Crippen LogP contribution in [0.25, 0.3) is 0 Å². The minimum Gasteiger partial charge on any atom is -0.325 e. The second-order valence-corrected chi connectivity index (χ2v) is 4.62. The Kier molecular flexibility index (Phi) is 3.54. The molecule has 1 unspecified atom stereocenters. The molecule has 0 aliphatic carbocycles. The number of carbonyl (C=O) groups excluding carboxylic acids is 2. The Morgan fingerprint density at radius 3 is 2.89 bits per heavy atom. The molecule has 1 aliphatic heterocycles. The van der Waals surface area contributed by atoms with E-state index in [-0.39, 0.29) is 17.9 Å². The van der Waals surface area contributed by atoms with Gasteiger partial charge in [-0.1, -0.05) is 11.6 Å². The van der Waals surface area contributed by atoms with Crippen molar-refractivity contribution >= 4 is 34.8 Å². The van der Waals surface area contributed by atoms with Gasteiger partial charge >= 0.3 is 0 Å². The van der Waals surface area contributed by atoms with Crippen LogP contribution in [-0.2, 0) is 16.0 Å². The summed E-state index contributed by atoms with van der Waals surface area (Å²) in [5, 5.41) is 8.69. The molecule has 1 heterocycles. The number of likely N-dealkylation sites (N-methyl/N-ethyl adjacent to an activating group) is 1. The minimum absolute atomic E-state index is 0.0619. The Morgan fingerprint density at radius 2 is 2.22 bits per heavy atom. The van der Waals surface area contributed by atoms with Gasteiger partial charge in [-0.05, 0) is 31.7 Å². The van der Waals surface area contributed by atoms with Gasteiger partial charge in [-0.2, -0.15) is 0 Å². The van der Waals surface area contributed by atoms with Gasteiger partial charge in [0.15, 0.2) is 0 Å². The van der Waals surface area contributed by atoms with Crippen molar-refractivity contribution in [2.24, 2.45) is 0 Å². The van der Waals surface area contributed by atoms with E-state index in [1.807, 2.05) is 0 Å². The van der Waals surface area contributed by atoms with Crippen LogP contribution in [0.5, 0.6) is 0 Å². The highest BCUT2D eigenvalue weighted by molar-refractivity contribution is 6.34. The summed E-state index contributed by atoms with van der Waals surface area (Å²) >= 11 is 6.06. The molecular weight excluding hydrogens is 254 g/mol. The summed E-state index contributed by atoms with van der Waals surface area (Å²) in [4.78, 5) is 23.0. The predicted molar refractivity (Wildman–Crippen MR) is 70.9 cm³/mol. The summed E-state index contributed by atoms with van der Waals surface area (Å²) in [6.45, 7) is 1.75. The number of anilines is 2. The molecule has 0 radical (unpaired) electrons. The lowest BCUT2D eigenvalue weighted by atomic mass is 10.1. The summed E-state index contributed by atoms with van der Waals surface area (Å²) in [7, 11) is 1.71. The van der Waals surface area contributed by atoms with Crippen LogP contribution in [0.1, 0.15) is 12.5 Å². The van der Waals surface area contributed by atoms with Crippen molar-refractivity contribution in [1.82, 2.24) is 5.32 Å². The van der Waals surface area contributed by atoms with E-state index in [0.717, 1.165) is 5.56 Å². The highest BCUT2D eigenvalue weighted by Gasteiger charge is 2.20. The summed E-state index contributed by atoms with van der Waals surface area (Å²) < 4.78 is 0. The van der Waals surface area contributed by atoms with Gasteiger partial charge in [-0.15, -0.1) is 0 Å². The molecule has 0 bridgehead atoms. The highest BCUT2D eigenvalue weighted by atomic mass is 35.5. The normalized spacial score (nSPS) is 14.9. The van der Waals surface area contributed by atoms with Gasteiger partial charge in [0.05, 0.1) is 23.2 Å². The molecule has 0 saturated carbocycles. The largest absolute Gasteiger partial charge is 0.325 e. The molecule has 2 rings (SSSR count). The highest BCUT2D eigenvalue weighted by Crippen LogP contribution is 2.32. The van der Waals surface area contributed by atoms with Gasteiger partial charge in [0, 0.05) is 5.69 Å². The van der Waals surface area contributed by atoms with Crippen LogP contribution >= 0.6 is 11.6 Å². The fourth-order valence-corrected chi connectivity index (χ4v) is 1.93. The smallest absolute Gasteiger partial charge is 0.241 e. The maximum absolute atomic E-state index is 11.7. The second kappa shape index (κ2) is 4.96. The van der Waals surface area contributed by atoms with E-state index in [0.29, 0.717) is 22.8 Å². The van der Waals surface area contributed by atoms with E-state index in [1.165, 1.54) is 0 Å². The van der Waals surface area contributed by atoms with E-state index in [9.17, 15) is 9.59 Å². The average Bonchev–Trinajstić information content (AvgIpc) is 2.67. The Labute approximate surface area is 110 Å². The first-order valence-electron chi connectivity index (χ1n) is 5.61. The predicted octanol–water partition coefficient (Wildman–Crippen LogP) is 1.38. The third-order valence-corrected chi connectivity index (χ3v) is 3.21. The summed E-state index contributed by atoms with van der Waals surface area (Å²) in [6, 6.07) is 3.08. The van der Waals surface area contributed by atoms with Crippen molar-refractivity contribution in [2.45, 2.75) is 19.4 Å². The number of hydrogen-bond donors (Lipinski definition) is 3. The first kappa shape index (κ1) is 12.9. The molecule has 1 atom stereocenters. The van der Waals surface area contributed by atoms with Gasteiger partial charge in [0.1, 0.15) is 0 Å². The number of fused-ring (bicyclic) bond motifs is 1. The van der Waals surface area contributed by atoms with Crippen LogP contribution in [-0.4, -0.2) is 24.9 Å². The van der Waals surface area contributed by atoms with Crippen molar-refractivity contribution in [3.63, 3.8) is 0 Å². The van der Waals surface area contributed by atoms with Crippen molar-refractivity contribution < 1.29 is 9.59 Å². The van der Waals surface area contributed by atoms with E-state index in [4.69, 9.17) is 11.6 Å². The van der Waals surface area contributed by atoms with Crippen LogP contribution < -0.4 is 16.0 Å². The first-order valence-corrected chi connectivity index (χ1v) is 5.99. The number of benzene rings is 1. The molecule has 0 fully saturated rings. The fourth-order valence-electron chi connectivity index (χ4n) is 1.72. The van der Waals surface area contributed by atoms with Crippen molar-refractivity contribution in [3.8, 4) is 0 Å². The monoisotopic (exact) mass is 267 g/mol. The Morgan fingerprint density at radius 1 is 1.50 bits per heavy atom. The molecule has 0 saturated heterocycles. The molecule has 2 amide bonds. The van der Waals surface area contributed by atoms with E-state index >= 15 is 0 Å². The van der Waals surface area contributed by atoms with Gasteiger partial charge < -0.3 is 16.0 Å². The molecule has 6 heteroatoms. The Bertz CT molecular complexity index is 516. The van der Waals surface area contributed by atoms with Crippen molar-refractivity contribution in [2.75, 3.05) is 17.7 Å². The molecule has 5 nitrogen and oxygen atoms in total. The molecule has 0 spiro atoms. The summed E-state index contributed by atoms with van der Waals surface area (Å²) in [5.74, 6) is -0.232. The molecule has 1 aliphatic rings. The van der Waals surface area contributed by atoms with Gasteiger partial charge in [0.2, 0.25) is 11.8 Å². The number of amides is 2. The lowest BCUT2D eigenvalue weighted by molar-refractivity contribution is -0.117. The topological polar surface area (TPSA) is 70.2 Å². The van der Waals surface area contributed by atoms with Gasteiger partial charge in [-0.25, -0.2) is 0 Å². The third-order valence-electron chi connectivity index (χ3n) is 2.90. The molecule has 1 aromatic rings. The third kappa shape index (κ3) is 2.47. The Balaban J connectivity index is 2.22. The van der Waals surface area contributed by atoms with E-state index < -0.39 is 0 Å². The number of hydrogen-bond acceptors (Lipinski definition) is 3. The Hall–Kier alpha value is -1.59. The number of carbonyl (C=O) groups is 2. The second-order valence-electron chi connectivity index (χ2n) is 4.21. The molecule has 1 aromatic carbocycles. The van der Waals surface area contributed by atoms with Crippen LogP contribution in [0.2, 0.25) is 5.02 Å². The van der Waals surface area contributed by atoms with Crippen LogP contribution in [0.15, 0.2) is 12.1 Å². The summed E-state index contributed by atoms with van der Waals surface area (Å²) in [5.41, 5.74) is 2.08. The lowest BCUT2D eigenvalue weighted by Crippen LogP contribution is -2.35. The maximum atomic E-state index is 11.7. The molecule has 18 heavy (non-hydrogen) atoms. The van der Waals surface area contributed by atoms with Crippen molar-refractivity contribution in [1.29, 1.82) is 0 Å². The number of nitrogens with one attached hydrogen (secondary N) is 3. The van der Waals surface area contributed by atoms with E-state index in [1.54, 1.807) is 26.1 Å². The first-order chi connectivity index (χ1) is 8.51. The summed E-state index contributed by atoms with van der Waals surface area (Å²) in [6.07, 6.45) is 0.316. The zero-order valence-corrected chi connectivity index (χ0v) is 10.9. The lowest BCUT2D eigenvalue weighted by Gasteiger charge is -2.13. The molecule has 0 aromatic heterocycles. The quantitative estimate of drug-likeness (QED) is 0.775. The van der Waals surface area contributed by atoms with Crippen LogP contribution in [0.3, 0.4) is 0 Å².